The van der Waals surface area contributed by atoms with Crippen LogP contribution in [-0.4, -0.2) is 49.2 Å². The summed E-state index contributed by atoms with van der Waals surface area (Å²) < 4.78 is 9.06. The average molecular weight is 407 g/mol. The molecular weight excluding hydrogens is 376 g/mol. The molecule has 0 bridgehead atoms. The Morgan fingerprint density at radius 2 is 0.923 bits per heavy atom. The smallest absolute Gasteiger partial charge is 0.305 e. The van der Waals surface area contributed by atoms with Gasteiger partial charge >= 0.3 is 11.9 Å². The third kappa shape index (κ3) is 16.4. The van der Waals surface area contributed by atoms with Gasteiger partial charge in [0.2, 0.25) is 0 Å². The second-order valence-electron chi connectivity index (χ2n) is 5.79. The van der Waals surface area contributed by atoms with Gasteiger partial charge in [-0.3, -0.25) is 19.2 Å². The molecule has 0 aromatic carbocycles. The molecule has 0 spiro atoms. The predicted molar refractivity (Wildman–Crippen MR) is 105 cm³/mol. The van der Waals surface area contributed by atoms with Gasteiger partial charge in [0.25, 0.3) is 0 Å². The minimum Gasteiger partial charge on any atom is -0.469 e. The molecule has 0 heterocycles. The molecule has 0 aromatic heterocycles. The van der Waals surface area contributed by atoms with Gasteiger partial charge in [-0.25, -0.2) is 0 Å². The summed E-state index contributed by atoms with van der Waals surface area (Å²) in [7, 11) is 6.14. The van der Waals surface area contributed by atoms with Gasteiger partial charge in [0.1, 0.15) is 11.6 Å². The van der Waals surface area contributed by atoms with Crippen LogP contribution in [0.1, 0.15) is 64.2 Å². The SMILES string of the molecule is COC(=O)CCCC(=O)CCCSSCCCC(=O)CCCC(=O)OC. The highest BCUT2D eigenvalue weighted by Gasteiger charge is 2.06. The highest BCUT2D eigenvalue weighted by molar-refractivity contribution is 8.76. The van der Waals surface area contributed by atoms with Crippen molar-refractivity contribution in [3.8, 4) is 0 Å². The topological polar surface area (TPSA) is 86.7 Å². The highest BCUT2D eigenvalue weighted by atomic mass is 33.1. The molecule has 0 saturated carbocycles. The van der Waals surface area contributed by atoms with Gasteiger partial charge in [-0.1, -0.05) is 21.6 Å². The number of hydrogen-bond donors (Lipinski definition) is 0. The molecule has 0 rings (SSSR count). The highest BCUT2D eigenvalue weighted by Crippen LogP contribution is 2.24. The van der Waals surface area contributed by atoms with Crippen LogP contribution in [-0.2, 0) is 28.7 Å². The Kier molecular flexibility index (Phi) is 16.7. The summed E-state index contributed by atoms with van der Waals surface area (Å²) in [6.07, 6.45) is 5.35. The van der Waals surface area contributed by atoms with Gasteiger partial charge in [-0.15, -0.1) is 0 Å². The molecule has 8 heteroatoms. The van der Waals surface area contributed by atoms with Crippen molar-refractivity contribution in [2.45, 2.75) is 64.2 Å². The summed E-state index contributed by atoms with van der Waals surface area (Å²) in [4.78, 5) is 45.1. The second-order valence-corrected chi connectivity index (χ2v) is 8.49. The fraction of sp³-hybridized carbons (Fsp3) is 0.778. The van der Waals surface area contributed by atoms with E-state index in [1.807, 2.05) is 0 Å². The lowest BCUT2D eigenvalue weighted by molar-refractivity contribution is -0.141. The summed E-state index contributed by atoms with van der Waals surface area (Å²) in [6.45, 7) is 0. The normalized spacial score (nSPS) is 10.4. The Morgan fingerprint density at radius 1 is 0.577 bits per heavy atom. The number of ketones is 2. The molecule has 150 valence electrons. The Balaban J connectivity index is 3.37. The largest absolute Gasteiger partial charge is 0.469 e. The van der Waals surface area contributed by atoms with Gasteiger partial charge in [0.05, 0.1) is 14.2 Å². The van der Waals surface area contributed by atoms with Crippen LogP contribution < -0.4 is 0 Å². The molecule has 0 aliphatic rings. The molecule has 0 fully saturated rings. The third-order valence-electron chi connectivity index (χ3n) is 3.58. The molecule has 0 unspecified atom stereocenters. The lowest BCUT2D eigenvalue weighted by atomic mass is 10.1. The number of carbonyl (C=O) groups excluding carboxylic acids is 4. The Morgan fingerprint density at radius 3 is 1.27 bits per heavy atom. The summed E-state index contributed by atoms with van der Waals surface area (Å²) in [5.41, 5.74) is 0. The maximum atomic E-state index is 11.6. The van der Waals surface area contributed by atoms with E-state index in [4.69, 9.17) is 0 Å². The Hall–Kier alpha value is -1.02. The lowest BCUT2D eigenvalue weighted by Gasteiger charge is -2.03. The minimum atomic E-state index is -0.272. The van der Waals surface area contributed by atoms with Crippen LogP contribution in [0.25, 0.3) is 0 Å². The first-order valence-corrected chi connectivity index (χ1v) is 11.4. The van der Waals surface area contributed by atoms with Crippen LogP contribution in [0.15, 0.2) is 0 Å². The molecule has 0 N–H and O–H groups in total. The van der Waals surface area contributed by atoms with E-state index >= 15 is 0 Å². The van der Waals surface area contributed by atoms with Crippen LogP contribution in [0.3, 0.4) is 0 Å². The zero-order chi connectivity index (χ0) is 19.6. The molecule has 26 heavy (non-hydrogen) atoms. The monoisotopic (exact) mass is 406 g/mol. The zero-order valence-corrected chi connectivity index (χ0v) is 17.4. The first kappa shape index (κ1) is 25.0. The van der Waals surface area contributed by atoms with Crippen LogP contribution in [0.4, 0.5) is 0 Å². The zero-order valence-electron chi connectivity index (χ0n) is 15.8. The van der Waals surface area contributed by atoms with Crippen LogP contribution in [0.5, 0.6) is 0 Å². The number of methoxy groups -OCH3 is 2. The predicted octanol–water partition coefficient (Wildman–Crippen LogP) is 3.75. The molecule has 0 aliphatic heterocycles. The first-order valence-electron chi connectivity index (χ1n) is 8.91. The summed E-state index contributed by atoms with van der Waals surface area (Å²) in [5.74, 6) is 1.65. The number of carbonyl (C=O) groups is 4. The molecule has 0 saturated heterocycles. The van der Waals surface area contributed by atoms with E-state index < -0.39 is 0 Å². The van der Waals surface area contributed by atoms with Crippen molar-refractivity contribution in [1.29, 1.82) is 0 Å². The van der Waals surface area contributed by atoms with Crippen molar-refractivity contribution in [2.75, 3.05) is 25.7 Å². The first-order chi connectivity index (χ1) is 12.5. The van der Waals surface area contributed by atoms with Crippen LogP contribution in [0, 0.1) is 0 Å². The van der Waals surface area contributed by atoms with E-state index in [0.29, 0.717) is 51.4 Å². The molecule has 0 amide bonds. The van der Waals surface area contributed by atoms with Crippen molar-refractivity contribution < 1.29 is 28.7 Å². The molecule has 0 aliphatic carbocycles. The molecular formula is C18H30O6S2. The number of ether oxygens (including phenoxy) is 2. The molecule has 0 aromatic rings. The third-order valence-corrected chi connectivity index (χ3v) is 6.16. The maximum absolute atomic E-state index is 11.6. The number of rotatable bonds is 17. The molecule has 6 nitrogen and oxygen atoms in total. The second kappa shape index (κ2) is 17.4. The van der Waals surface area contributed by atoms with Crippen LogP contribution >= 0.6 is 21.6 Å². The quantitative estimate of drug-likeness (QED) is 0.205. The Bertz CT molecular complexity index is 399. The fourth-order valence-corrected chi connectivity index (χ4v) is 4.26. The van der Waals surface area contributed by atoms with E-state index in [9.17, 15) is 19.2 Å². The van der Waals surface area contributed by atoms with E-state index in [2.05, 4.69) is 9.47 Å². The van der Waals surface area contributed by atoms with Crippen molar-refractivity contribution in [2.24, 2.45) is 0 Å². The average Bonchev–Trinajstić information content (AvgIpc) is 2.63. The standard InChI is InChI=1S/C18H30O6S2/c1-23-17(21)11-3-7-15(19)9-5-13-25-26-14-6-10-16(20)8-4-12-18(22)24-2/h3-14H2,1-2H3. The van der Waals surface area contributed by atoms with E-state index in [1.165, 1.54) is 14.2 Å². The van der Waals surface area contributed by atoms with E-state index in [1.54, 1.807) is 21.6 Å². The maximum Gasteiger partial charge on any atom is 0.305 e. The summed E-state index contributed by atoms with van der Waals surface area (Å²) >= 11 is 0. The van der Waals surface area contributed by atoms with Crippen molar-refractivity contribution >= 4 is 45.1 Å². The minimum absolute atomic E-state index is 0.192. The van der Waals surface area contributed by atoms with Gasteiger partial charge in [0.15, 0.2) is 0 Å². The summed E-state index contributed by atoms with van der Waals surface area (Å²) in [6, 6.07) is 0. The number of hydrogen-bond acceptors (Lipinski definition) is 8. The van der Waals surface area contributed by atoms with Crippen molar-refractivity contribution in [1.82, 2.24) is 0 Å². The Labute approximate surface area is 163 Å². The van der Waals surface area contributed by atoms with Crippen molar-refractivity contribution in [3.63, 3.8) is 0 Å². The summed E-state index contributed by atoms with van der Waals surface area (Å²) in [5, 5.41) is 0. The van der Waals surface area contributed by atoms with E-state index in [0.717, 1.165) is 24.3 Å². The van der Waals surface area contributed by atoms with Gasteiger partial charge < -0.3 is 9.47 Å². The molecule has 0 atom stereocenters. The van der Waals surface area contributed by atoms with E-state index in [-0.39, 0.29) is 23.5 Å². The molecule has 0 radical (unpaired) electrons. The van der Waals surface area contributed by atoms with Gasteiger partial charge in [-0.05, 0) is 25.7 Å². The van der Waals surface area contributed by atoms with Gasteiger partial charge in [0, 0.05) is 50.0 Å². The number of Topliss-reactive ketones (excluding diaryl/α,β-unsaturated/α-hetero) is 2. The fourth-order valence-electron chi connectivity index (χ4n) is 2.09. The van der Waals surface area contributed by atoms with Gasteiger partial charge in [-0.2, -0.15) is 0 Å². The van der Waals surface area contributed by atoms with Crippen molar-refractivity contribution in [3.05, 3.63) is 0 Å². The lowest BCUT2D eigenvalue weighted by Crippen LogP contribution is -2.03. The van der Waals surface area contributed by atoms with Crippen LogP contribution in [0.2, 0.25) is 0 Å². The number of esters is 2.